The zero-order valence-corrected chi connectivity index (χ0v) is 15.6. The van der Waals surface area contributed by atoms with Crippen molar-refractivity contribution in [3.63, 3.8) is 0 Å². The van der Waals surface area contributed by atoms with Crippen molar-refractivity contribution in [1.29, 1.82) is 0 Å². The molecule has 8 heteroatoms. The summed E-state index contributed by atoms with van der Waals surface area (Å²) in [4.78, 5) is 29.2. The average Bonchev–Trinajstić information content (AvgIpc) is 2.97. The number of amides is 1. The molecular weight excluding hydrogens is 356 g/mol. The van der Waals surface area contributed by atoms with Gasteiger partial charge in [-0.05, 0) is 43.7 Å². The van der Waals surface area contributed by atoms with E-state index in [4.69, 9.17) is 0 Å². The van der Waals surface area contributed by atoms with Crippen LogP contribution in [0.4, 0.5) is 5.69 Å². The largest absolute Gasteiger partial charge is 0.320 e. The van der Waals surface area contributed by atoms with Crippen LogP contribution in [-0.4, -0.2) is 20.7 Å². The molecular formula is C17H16N4O2S2. The van der Waals surface area contributed by atoms with Crippen LogP contribution in [0, 0.1) is 13.8 Å². The van der Waals surface area contributed by atoms with Crippen LogP contribution in [0.15, 0.2) is 49.7 Å². The molecule has 0 fully saturated rings. The number of hydrogen-bond acceptors (Lipinski definition) is 6. The Morgan fingerprint density at radius 1 is 1.24 bits per heavy atom. The first-order chi connectivity index (χ1) is 11.9. The standard InChI is InChI=1S/C17H16N4O2S2/c1-10-8-12(25-17-18-11(2)9-24-17)4-5-13(10)19-16(23)14-6-7-15(22)21(3)20-14/h4-9H,1-3H3,(H,19,23). The first kappa shape index (κ1) is 17.4. The number of nitrogens with zero attached hydrogens (tertiary/aromatic N) is 3. The minimum absolute atomic E-state index is 0.193. The Labute approximate surface area is 152 Å². The van der Waals surface area contributed by atoms with E-state index in [1.165, 1.54) is 19.2 Å². The van der Waals surface area contributed by atoms with E-state index in [2.05, 4.69) is 15.4 Å². The third-order valence-corrected chi connectivity index (χ3v) is 5.49. The topological polar surface area (TPSA) is 76.9 Å². The molecule has 2 heterocycles. The number of carbonyl (C=O) groups is 1. The Hall–Kier alpha value is -2.45. The molecule has 0 aliphatic carbocycles. The summed E-state index contributed by atoms with van der Waals surface area (Å²) in [7, 11) is 1.51. The van der Waals surface area contributed by atoms with E-state index >= 15 is 0 Å². The summed E-state index contributed by atoms with van der Waals surface area (Å²) in [5, 5.41) is 8.80. The second kappa shape index (κ2) is 7.20. The fourth-order valence-corrected chi connectivity index (χ4v) is 4.04. The molecule has 1 amide bonds. The molecule has 0 spiro atoms. The van der Waals surface area contributed by atoms with Crippen molar-refractivity contribution in [3.8, 4) is 0 Å². The zero-order valence-electron chi connectivity index (χ0n) is 13.9. The van der Waals surface area contributed by atoms with Crippen molar-refractivity contribution in [2.75, 3.05) is 5.32 Å². The molecule has 3 aromatic rings. The number of carbonyl (C=O) groups excluding carboxylic acids is 1. The monoisotopic (exact) mass is 372 g/mol. The minimum Gasteiger partial charge on any atom is -0.320 e. The van der Waals surface area contributed by atoms with Gasteiger partial charge in [0.1, 0.15) is 5.69 Å². The normalized spacial score (nSPS) is 10.7. The molecule has 0 aliphatic rings. The van der Waals surface area contributed by atoms with E-state index in [0.29, 0.717) is 5.69 Å². The molecule has 0 saturated carbocycles. The molecule has 0 unspecified atom stereocenters. The molecule has 0 saturated heterocycles. The molecule has 0 bridgehead atoms. The van der Waals surface area contributed by atoms with E-state index < -0.39 is 0 Å². The Kier molecular flexibility index (Phi) is 5.00. The van der Waals surface area contributed by atoms with Gasteiger partial charge in [0.15, 0.2) is 4.34 Å². The third-order valence-electron chi connectivity index (χ3n) is 3.44. The lowest BCUT2D eigenvalue weighted by Crippen LogP contribution is -2.23. The van der Waals surface area contributed by atoms with Gasteiger partial charge in [0.2, 0.25) is 0 Å². The predicted octanol–water partition coefficient (Wildman–Crippen LogP) is 3.26. The van der Waals surface area contributed by atoms with E-state index in [9.17, 15) is 9.59 Å². The number of benzene rings is 1. The summed E-state index contributed by atoms with van der Waals surface area (Å²) in [5.74, 6) is -0.352. The highest BCUT2D eigenvalue weighted by Gasteiger charge is 2.11. The van der Waals surface area contributed by atoms with Crippen LogP contribution in [0.25, 0.3) is 0 Å². The maximum atomic E-state index is 12.3. The maximum Gasteiger partial charge on any atom is 0.276 e. The van der Waals surface area contributed by atoms with Crippen molar-refractivity contribution in [3.05, 3.63) is 63.0 Å². The van der Waals surface area contributed by atoms with Gasteiger partial charge in [0, 0.05) is 34.8 Å². The summed E-state index contributed by atoms with van der Waals surface area (Å²) < 4.78 is 2.13. The molecule has 0 aliphatic heterocycles. The first-order valence-corrected chi connectivity index (χ1v) is 9.18. The fourth-order valence-electron chi connectivity index (χ4n) is 2.13. The van der Waals surface area contributed by atoms with Gasteiger partial charge in [-0.15, -0.1) is 11.3 Å². The van der Waals surface area contributed by atoms with Crippen molar-refractivity contribution in [1.82, 2.24) is 14.8 Å². The number of hydrogen-bond donors (Lipinski definition) is 1. The Morgan fingerprint density at radius 2 is 2.04 bits per heavy atom. The second-order valence-electron chi connectivity index (χ2n) is 5.47. The summed E-state index contributed by atoms with van der Waals surface area (Å²) in [5.41, 5.74) is 2.60. The number of thiazole rings is 1. The van der Waals surface area contributed by atoms with Crippen LogP contribution < -0.4 is 10.9 Å². The molecule has 0 radical (unpaired) electrons. The van der Waals surface area contributed by atoms with Crippen LogP contribution in [0.1, 0.15) is 21.7 Å². The van der Waals surface area contributed by atoms with Crippen LogP contribution >= 0.6 is 23.1 Å². The quantitative estimate of drug-likeness (QED) is 0.761. The first-order valence-electron chi connectivity index (χ1n) is 7.49. The minimum atomic E-state index is -0.352. The smallest absolute Gasteiger partial charge is 0.276 e. The van der Waals surface area contributed by atoms with E-state index in [1.807, 2.05) is 37.4 Å². The molecule has 128 valence electrons. The van der Waals surface area contributed by atoms with Crippen molar-refractivity contribution >= 4 is 34.7 Å². The third kappa shape index (κ3) is 4.15. The number of aromatic nitrogens is 3. The summed E-state index contributed by atoms with van der Waals surface area (Å²) in [6.07, 6.45) is 0. The summed E-state index contributed by atoms with van der Waals surface area (Å²) in [6.45, 7) is 3.90. The van der Waals surface area contributed by atoms with E-state index in [1.54, 1.807) is 23.1 Å². The Morgan fingerprint density at radius 3 is 2.68 bits per heavy atom. The summed E-state index contributed by atoms with van der Waals surface area (Å²) in [6, 6.07) is 8.55. The molecule has 25 heavy (non-hydrogen) atoms. The predicted molar refractivity (Wildman–Crippen MR) is 99.6 cm³/mol. The van der Waals surface area contributed by atoms with Gasteiger partial charge in [-0.25, -0.2) is 9.67 Å². The van der Waals surface area contributed by atoms with Crippen LogP contribution in [0.2, 0.25) is 0 Å². The van der Waals surface area contributed by atoms with Gasteiger partial charge >= 0.3 is 0 Å². The average molecular weight is 372 g/mol. The number of aryl methyl sites for hydroxylation is 3. The molecule has 0 atom stereocenters. The van der Waals surface area contributed by atoms with Crippen LogP contribution in [0.3, 0.4) is 0 Å². The van der Waals surface area contributed by atoms with Gasteiger partial charge in [-0.2, -0.15) is 5.10 Å². The molecule has 6 nitrogen and oxygen atoms in total. The lowest BCUT2D eigenvalue weighted by molar-refractivity contribution is 0.102. The number of nitrogens with one attached hydrogen (secondary N) is 1. The fraction of sp³-hybridized carbons (Fsp3) is 0.176. The zero-order chi connectivity index (χ0) is 18.0. The molecule has 3 rings (SSSR count). The highest BCUT2D eigenvalue weighted by molar-refractivity contribution is 8.01. The Balaban J connectivity index is 1.75. The Bertz CT molecular complexity index is 994. The molecule has 2 aromatic heterocycles. The van der Waals surface area contributed by atoms with Crippen LogP contribution in [-0.2, 0) is 7.05 Å². The van der Waals surface area contributed by atoms with Crippen molar-refractivity contribution < 1.29 is 4.79 Å². The lowest BCUT2D eigenvalue weighted by Gasteiger charge is -2.09. The van der Waals surface area contributed by atoms with Gasteiger partial charge in [0.05, 0.1) is 0 Å². The molecule has 1 N–H and O–H groups in total. The molecule has 1 aromatic carbocycles. The van der Waals surface area contributed by atoms with Crippen molar-refractivity contribution in [2.24, 2.45) is 7.05 Å². The second-order valence-corrected chi connectivity index (χ2v) is 7.65. The SMILES string of the molecule is Cc1csc(Sc2ccc(NC(=O)c3ccc(=O)n(C)n3)c(C)c2)n1. The van der Waals surface area contributed by atoms with Gasteiger partial charge in [-0.3, -0.25) is 9.59 Å². The lowest BCUT2D eigenvalue weighted by atomic mass is 10.2. The highest BCUT2D eigenvalue weighted by Crippen LogP contribution is 2.32. The van der Waals surface area contributed by atoms with E-state index in [-0.39, 0.29) is 17.2 Å². The van der Waals surface area contributed by atoms with E-state index in [0.717, 1.165) is 25.2 Å². The van der Waals surface area contributed by atoms with Gasteiger partial charge < -0.3 is 5.32 Å². The van der Waals surface area contributed by atoms with Gasteiger partial charge in [0.25, 0.3) is 11.5 Å². The van der Waals surface area contributed by atoms with Crippen molar-refractivity contribution in [2.45, 2.75) is 23.1 Å². The van der Waals surface area contributed by atoms with Gasteiger partial charge in [-0.1, -0.05) is 11.8 Å². The number of rotatable bonds is 4. The number of anilines is 1. The summed E-state index contributed by atoms with van der Waals surface area (Å²) >= 11 is 3.21. The highest BCUT2D eigenvalue weighted by atomic mass is 32.2. The maximum absolute atomic E-state index is 12.3. The van der Waals surface area contributed by atoms with Crippen LogP contribution in [0.5, 0.6) is 0 Å².